The summed E-state index contributed by atoms with van der Waals surface area (Å²) in [5.74, 6) is 1.06. The second kappa shape index (κ2) is 5.78. The van der Waals surface area contributed by atoms with E-state index in [2.05, 4.69) is 52.1 Å². The van der Waals surface area contributed by atoms with Crippen LogP contribution in [0.4, 0.5) is 5.82 Å². The maximum absolute atomic E-state index is 6.36. The van der Waals surface area contributed by atoms with Gasteiger partial charge in [-0.05, 0) is 36.5 Å². The van der Waals surface area contributed by atoms with Gasteiger partial charge in [0, 0.05) is 11.4 Å². The summed E-state index contributed by atoms with van der Waals surface area (Å²) in [5.41, 5.74) is 2.61. The second-order valence-electron chi connectivity index (χ2n) is 6.90. The zero-order valence-electron chi connectivity index (χ0n) is 14.4. The molecule has 1 atom stereocenters. The van der Waals surface area contributed by atoms with Crippen molar-refractivity contribution in [1.82, 2.24) is 9.97 Å². The van der Waals surface area contributed by atoms with Gasteiger partial charge in [0.15, 0.2) is 0 Å². The Morgan fingerprint density at radius 3 is 3.12 bits per heavy atom. The van der Waals surface area contributed by atoms with Crippen molar-refractivity contribution in [2.24, 2.45) is 0 Å². The summed E-state index contributed by atoms with van der Waals surface area (Å²) >= 11 is 1.78. The van der Waals surface area contributed by atoms with Gasteiger partial charge in [0.25, 0.3) is 0 Å². The Morgan fingerprint density at radius 1 is 1.28 bits per heavy atom. The number of ether oxygens (including phenoxy) is 1. The number of rotatable bonds is 2. The highest BCUT2D eigenvalue weighted by Crippen LogP contribution is 2.43. The first-order valence-corrected chi connectivity index (χ1v) is 9.81. The topological polar surface area (TPSA) is 38.2 Å². The molecule has 1 spiro atoms. The van der Waals surface area contributed by atoms with Crippen molar-refractivity contribution >= 4 is 27.4 Å². The predicted molar refractivity (Wildman–Crippen MR) is 101 cm³/mol. The van der Waals surface area contributed by atoms with Crippen molar-refractivity contribution in [2.75, 3.05) is 24.6 Å². The Bertz CT molecular complexity index is 934. The van der Waals surface area contributed by atoms with E-state index in [1.54, 1.807) is 17.7 Å². The molecule has 2 aliphatic rings. The lowest BCUT2D eigenvalue weighted by Gasteiger charge is -2.41. The number of nitrogens with zero attached hydrogens (tertiary/aromatic N) is 3. The Balaban J connectivity index is 1.55. The zero-order valence-corrected chi connectivity index (χ0v) is 15.2. The maximum Gasteiger partial charge on any atom is 0.140 e. The molecule has 1 unspecified atom stereocenters. The van der Waals surface area contributed by atoms with Crippen LogP contribution < -0.4 is 4.90 Å². The number of hydrogen-bond acceptors (Lipinski definition) is 5. The molecule has 0 N–H and O–H groups in total. The minimum Gasteiger partial charge on any atom is -0.367 e. The third-order valence-electron chi connectivity index (χ3n) is 5.50. The fraction of sp³-hybridized carbons (Fsp3) is 0.400. The smallest absolute Gasteiger partial charge is 0.140 e. The molecule has 25 heavy (non-hydrogen) atoms. The number of aromatic nitrogens is 2. The highest BCUT2D eigenvalue weighted by Gasteiger charge is 2.43. The van der Waals surface area contributed by atoms with Gasteiger partial charge in [0.1, 0.15) is 22.6 Å². The molecule has 0 bridgehead atoms. The lowest BCUT2D eigenvalue weighted by molar-refractivity contribution is -0.0593. The first kappa shape index (κ1) is 15.3. The van der Waals surface area contributed by atoms with Crippen LogP contribution in [0.1, 0.15) is 29.3 Å². The van der Waals surface area contributed by atoms with Crippen molar-refractivity contribution in [1.29, 1.82) is 0 Å². The van der Waals surface area contributed by atoms with E-state index in [4.69, 9.17) is 4.74 Å². The molecule has 0 radical (unpaired) electrons. The summed E-state index contributed by atoms with van der Waals surface area (Å²) in [6, 6.07) is 11.0. The lowest BCUT2D eigenvalue weighted by Crippen LogP contribution is -2.49. The lowest BCUT2D eigenvalue weighted by atomic mass is 9.93. The normalized spacial score (nSPS) is 22.7. The summed E-state index contributed by atoms with van der Waals surface area (Å²) in [6.07, 6.45) is 4.90. The van der Waals surface area contributed by atoms with E-state index in [1.807, 2.05) is 0 Å². The summed E-state index contributed by atoms with van der Waals surface area (Å²) in [6.45, 7) is 4.68. The molecule has 128 valence electrons. The van der Waals surface area contributed by atoms with Crippen LogP contribution in [0.15, 0.2) is 36.7 Å². The number of benzene rings is 1. The van der Waals surface area contributed by atoms with Crippen molar-refractivity contribution in [3.8, 4) is 0 Å². The first-order chi connectivity index (χ1) is 12.3. The molecule has 4 nitrogen and oxygen atoms in total. The molecule has 3 heterocycles. The van der Waals surface area contributed by atoms with Crippen LogP contribution in [0.2, 0.25) is 0 Å². The van der Waals surface area contributed by atoms with Crippen LogP contribution in [0.5, 0.6) is 0 Å². The summed E-state index contributed by atoms with van der Waals surface area (Å²) < 4.78 is 6.36. The monoisotopic (exact) mass is 351 g/mol. The first-order valence-electron chi connectivity index (χ1n) is 9.00. The minimum atomic E-state index is -0.185. The molecule has 3 aromatic rings. The Hall–Kier alpha value is -1.98. The molecule has 1 fully saturated rings. The number of fused-ring (bicyclic) bond motifs is 3. The average molecular weight is 351 g/mol. The molecule has 1 aromatic carbocycles. The van der Waals surface area contributed by atoms with Gasteiger partial charge < -0.3 is 9.64 Å². The van der Waals surface area contributed by atoms with Crippen LogP contribution in [0.25, 0.3) is 10.2 Å². The SMILES string of the molecule is CCc1cc2c(N3CCOC4(CCc5ccccc54)C3)ncnc2s1. The van der Waals surface area contributed by atoms with Gasteiger partial charge in [-0.2, -0.15) is 0 Å². The average Bonchev–Trinajstić information content (AvgIpc) is 3.24. The minimum absolute atomic E-state index is 0.185. The second-order valence-corrected chi connectivity index (χ2v) is 8.02. The van der Waals surface area contributed by atoms with Gasteiger partial charge in [0.05, 0.1) is 18.5 Å². The van der Waals surface area contributed by atoms with Gasteiger partial charge in [-0.25, -0.2) is 9.97 Å². The van der Waals surface area contributed by atoms with Crippen molar-refractivity contribution in [3.63, 3.8) is 0 Å². The van der Waals surface area contributed by atoms with Crippen molar-refractivity contribution in [2.45, 2.75) is 31.8 Å². The van der Waals surface area contributed by atoms with Gasteiger partial charge in [-0.3, -0.25) is 0 Å². The number of anilines is 1. The highest BCUT2D eigenvalue weighted by atomic mass is 32.1. The van der Waals surface area contributed by atoms with Gasteiger partial charge in [-0.15, -0.1) is 11.3 Å². The van der Waals surface area contributed by atoms with E-state index in [-0.39, 0.29) is 5.60 Å². The summed E-state index contributed by atoms with van der Waals surface area (Å²) in [5, 5.41) is 1.19. The molecular weight excluding hydrogens is 330 g/mol. The number of hydrogen-bond donors (Lipinski definition) is 0. The van der Waals surface area contributed by atoms with Crippen LogP contribution in [0.3, 0.4) is 0 Å². The molecular formula is C20H21N3OS. The maximum atomic E-state index is 6.36. The third-order valence-corrected chi connectivity index (χ3v) is 6.69. The van der Waals surface area contributed by atoms with Gasteiger partial charge in [-0.1, -0.05) is 31.2 Å². The van der Waals surface area contributed by atoms with Gasteiger partial charge >= 0.3 is 0 Å². The standard InChI is InChI=1S/C20H21N3OS/c1-2-15-11-16-18(21-13-22-19(16)25-15)23-9-10-24-20(12-23)8-7-14-5-3-4-6-17(14)20/h3-6,11,13H,2,7-10,12H2,1H3. The van der Waals surface area contributed by atoms with E-state index >= 15 is 0 Å². The van der Waals surface area contributed by atoms with Crippen molar-refractivity contribution < 1.29 is 4.74 Å². The molecule has 1 aliphatic carbocycles. The van der Waals surface area contributed by atoms with E-state index in [0.29, 0.717) is 0 Å². The van der Waals surface area contributed by atoms with E-state index < -0.39 is 0 Å². The number of aryl methyl sites for hydroxylation is 2. The van der Waals surface area contributed by atoms with Crippen LogP contribution >= 0.6 is 11.3 Å². The summed E-state index contributed by atoms with van der Waals surface area (Å²) in [7, 11) is 0. The molecule has 1 saturated heterocycles. The molecule has 0 saturated carbocycles. The third kappa shape index (κ3) is 2.37. The van der Waals surface area contributed by atoms with Gasteiger partial charge in [0.2, 0.25) is 0 Å². The highest BCUT2D eigenvalue weighted by molar-refractivity contribution is 7.18. The summed E-state index contributed by atoms with van der Waals surface area (Å²) in [4.78, 5) is 14.0. The van der Waals surface area contributed by atoms with Crippen LogP contribution in [-0.4, -0.2) is 29.7 Å². The molecule has 5 heteroatoms. The number of thiophene rings is 1. The van der Waals surface area contributed by atoms with E-state index in [1.165, 1.54) is 21.4 Å². The fourth-order valence-electron chi connectivity index (χ4n) is 4.25. The molecule has 1 aliphatic heterocycles. The predicted octanol–water partition coefficient (Wildman–Crippen LogP) is 3.93. The quantitative estimate of drug-likeness (QED) is 0.701. The fourth-order valence-corrected chi connectivity index (χ4v) is 5.18. The number of morpholine rings is 1. The van der Waals surface area contributed by atoms with E-state index in [9.17, 15) is 0 Å². The zero-order chi connectivity index (χ0) is 16.9. The van der Waals surface area contributed by atoms with Crippen LogP contribution in [-0.2, 0) is 23.2 Å². The van der Waals surface area contributed by atoms with E-state index in [0.717, 1.165) is 49.6 Å². The molecule has 2 aromatic heterocycles. The Morgan fingerprint density at radius 2 is 2.20 bits per heavy atom. The van der Waals surface area contributed by atoms with Crippen molar-refractivity contribution in [3.05, 3.63) is 52.7 Å². The Labute approximate surface area is 151 Å². The Kier molecular flexibility index (Phi) is 3.54. The largest absolute Gasteiger partial charge is 0.367 e. The molecule has 0 amide bonds. The van der Waals surface area contributed by atoms with Crippen LogP contribution in [0, 0.1) is 0 Å². The molecule has 5 rings (SSSR count).